The topological polar surface area (TPSA) is 47.0 Å². The van der Waals surface area contributed by atoms with E-state index in [-0.39, 0.29) is 0 Å². The van der Waals surface area contributed by atoms with Gasteiger partial charge < -0.3 is 10.1 Å². The van der Waals surface area contributed by atoms with E-state index in [9.17, 15) is 0 Å². The highest BCUT2D eigenvalue weighted by Crippen LogP contribution is 2.30. The molecule has 1 N–H and O–H groups in total. The molecule has 21 heavy (non-hydrogen) atoms. The maximum absolute atomic E-state index is 5.22. The highest BCUT2D eigenvalue weighted by atomic mass is 16.5. The first-order valence-corrected chi connectivity index (χ1v) is 6.81. The lowest BCUT2D eigenvalue weighted by Gasteiger charge is -2.10. The Morgan fingerprint density at radius 1 is 1.10 bits per heavy atom. The summed E-state index contributed by atoms with van der Waals surface area (Å²) in [6.45, 7) is 2.08. The van der Waals surface area contributed by atoms with E-state index in [2.05, 4.69) is 34.3 Å². The van der Waals surface area contributed by atoms with Gasteiger partial charge in [0.15, 0.2) is 0 Å². The van der Waals surface area contributed by atoms with E-state index in [1.807, 2.05) is 37.5 Å². The maximum atomic E-state index is 5.22. The van der Waals surface area contributed by atoms with Crippen molar-refractivity contribution in [2.75, 3.05) is 19.5 Å². The van der Waals surface area contributed by atoms with E-state index in [1.165, 1.54) is 5.56 Å². The summed E-state index contributed by atoms with van der Waals surface area (Å²) in [5.41, 5.74) is 4.36. The second kappa shape index (κ2) is 5.40. The van der Waals surface area contributed by atoms with Crippen LogP contribution < -0.4 is 10.1 Å². The quantitative estimate of drug-likeness (QED) is 0.795. The predicted octanol–water partition coefficient (Wildman–Crippen LogP) is 3.66. The van der Waals surface area contributed by atoms with Gasteiger partial charge in [0.25, 0.3) is 0 Å². The largest absolute Gasteiger partial charge is 0.497 e. The smallest absolute Gasteiger partial charge is 0.222 e. The Labute approximate surface area is 123 Å². The van der Waals surface area contributed by atoms with Crippen molar-refractivity contribution in [2.24, 2.45) is 0 Å². The van der Waals surface area contributed by atoms with Crippen molar-refractivity contribution >= 4 is 16.9 Å². The summed E-state index contributed by atoms with van der Waals surface area (Å²) in [4.78, 5) is 8.89. The first-order chi connectivity index (χ1) is 10.2. The highest BCUT2D eigenvalue weighted by molar-refractivity contribution is 5.94. The number of rotatable bonds is 3. The standard InChI is InChI=1S/C17H17N3O/c1-11-8-13-10-19-17(18-2)20-16(13)15(9-11)12-4-6-14(21-3)7-5-12/h4-10H,1-3H3,(H,18,19,20). The SMILES string of the molecule is CNc1ncc2cc(C)cc(-c3ccc(OC)cc3)c2n1. The Bertz CT molecular complexity index is 782. The summed E-state index contributed by atoms with van der Waals surface area (Å²) >= 11 is 0. The van der Waals surface area contributed by atoms with Crippen molar-refractivity contribution in [3.05, 3.63) is 48.2 Å². The van der Waals surface area contributed by atoms with Gasteiger partial charge >= 0.3 is 0 Å². The first-order valence-electron chi connectivity index (χ1n) is 6.81. The number of fused-ring (bicyclic) bond motifs is 1. The third kappa shape index (κ3) is 2.52. The molecule has 106 valence electrons. The number of benzene rings is 2. The van der Waals surface area contributed by atoms with E-state index < -0.39 is 0 Å². The molecule has 0 saturated heterocycles. The summed E-state index contributed by atoms with van der Waals surface area (Å²) in [6, 6.07) is 12.3. The number of hydrogen-bond donors (Lipinski definition) is 1. The highest BCUT2D eigenvalue weighted by Gasteiger charge is 2.08. The number of aryl methyl sites for hydroxylation is 1. The lowest BCUT2D eigenvalue weighted by molar-refractivity contribution is 0.415. The van der Waals surface area contributed by atoms with Crippen LogP contribution in [-0.4, -0.2) is 24.1 Å². The molecule has 0 aliphatic carbocycles. The molecule has 1 heterocycles. The molecule has 0 saturated carbocycles. The Hall–Kier alpha value is -2.62. The van der Waals surface area contributed by atoms with Crippen LogP contribution in [0.1, 0.15) is 5.56 Å². The lowest BCUT2D eigenvalue weighted by Crippen LogP contribution is -1.97. The molecule has 4 nitrogen and oxygen atoms in total. The van der Waals surface area contributed by atoms with E-state index in [1.54, 1.807) is 7.11 Å². The number of nitrogens with one attached hydrogen (secondary N) is 1. The van der Waals surface area contributed by atoms with Gasteiger partial charge in [-0.1, -0.05) is 12.1 Å². The van der Waals surface area contributed by atoms with E-state index >= 15 is 0 Å². The number of methoxy groups -OCH3 is 1. The minimum atomic E-state index is 0.626. The van der Waals surface area contributed by atoms with Gasteiger partial charge in [0, 0.05) is 24.2 Å². The van der Waals surface area contributed by atoms with Crippen LogP contribution in [0.5, 0.6) is 5.75 Å². The van der Waals surface area contributed by atoms with E-state index in [0.717, 1.165) is 27.8 Å². The molecule has 0 aliphatic heterocycles. The van der Waals surface area contributed by atoms with Crippen LogP contribution in [0.3, 0.4) is 0 Å². The second-order valence-electron chi connectivity index (χ2n) is 4.92. The minimum Gasteiger partial charge on any atom is -0.497 e. The van der Waals surface area contributed by atoms with Gasteiger partial charge in [0.2, 0.25) is 5.95 Å². The Balaban J connectivity index is 2.23. The Kier molecular flexibility index (Phi) is 3.44. The summed E-state index contributed by atoms with van der Waals surface area (Å²) in [5.74, 6) is 1.47. The molecule has 1 aromatic heterocycles. The first kappa shape index (κ1) is 13.4. The molecule has 0 amide bonds. The number of hydrogen-bond acceptors (Lipinski definition) is 4. The van der Waals surface area contributed by atoms with Gasteiger partial charge in [0.05, 0.1) is 12.6 Å². The van der Waals surface area contributed by atoms with Crippen molar-refractivity contribution in [2.45, 2.75) is 6.92 Å². The average Bonchev–Trinajstić information content (AvgIpc) is 2.53. The van der Waals surface area contributed by atoms with Crippen LogP contribution in [-0.2, 0) is 0 Å². The number of anilines is 1. The van der Waals surface area contributed by atoms with Crippen LogP contribution in [0.25, 0.3) is 22.0 Å². The molecule has 0 unspecified atom stereocenters. The molecule has 0 radical (unpaired) electrons. The minimum absolute atomic E-state index is 0.626. The summed E-state index contributed by atoms with van der Waals surface area (Å²) < 4.78 is 5.22. The molecule has 2 aromatic carbocycles. The summed E-state index contributed by atoms with van der Waals surface area (Å²) in [5, 5.41) is 4.03. The third-order valence-electron chi connectivity index (χ3n) is 3.45. The Morgan fingerprint density at radius 3 is 2.52 bits per heavy atom. The fraction of sp³-hybridized carbons (Fsp3) is 0.176. The van der Waals surface area contributed by atoms with Crippen LogP contribution in [0.15, 0.2) is 42.6 Å². The maximum Gasteiger partial charge on any atom is 0.222 e. The predicted molar refractivity (Wildman–Crippen MR) is 85.8 cm³/mol. The number of aromatic nitrogens is 2. The van der Waals surface area contributed by atoms with Gasteiger partial charge in [-0.2, -0.15) is 0 Å². The van der Waals surface area contributed by atoms with Crippen LogP contribution in [0.2, 0.25) is 0 Å². The van der Waals surface area contributed by atoms with Crippen LogP contribution in [0, 0.1) is 6.92 Å². The van der Waals surface area contributed by atoms with Gasteiger partial charge in [-0.3, -0.25) is 0 Å². The summed E-state index contributed by atoms with van der Waals surface area (Å²) in [7, 11) is 3.49. The fourth-order valence-electron chi connectivity index (χ4n) is 2.41. The second-order valence-corrected chi connectivity index (χ2v) is 4.92. The molecule has 3 rings (SSSR count). The van der Waals surface area contributed by atoms with Crippen molar-refractivity contribution < 1.29 is 4.74 Å². The monoisotopic (exact) mass is 279 g/mol. The number of ether oxygens (including phenoxy) is 1. The lowest BCUT2D eigenvalue weighted by atomic mass is 10.00. The number of nitrogens with zero attached hydrogens (tertiary/aromatic N) is 2. The van der Waals surface area contributed by atoms with Crippen molar-refractivity contribution in [1.29, 1.82) is 0 Å². The third-order valence-corrected chi connectivity index (χ3v) is 3.45. The van der Waals surface area contributed by atoms with Crippen molar-refractivity contribution in [1.82, 2.24) is 9.97 Å². The average molecular weight is 279 g/mol. The molecule has 3 aromatic rings. The molecule has 0 bridgehead atoms. The molecule has 0 spiro atoms. The zero-order valence-electron chi connectivity index (χ0n) is 12.3. The molecule has 4 heteroatoms. The zero-order valence-corrected chi connectivity index (χ0v) is 12.3. The Morgan fingerprint density at radius 2 is 1.86 bits per heavy atom. The van der Waals surface area contributed by atoms with Crippen molar-refractivity contribution in [3.8, 4) is 16.9 Å². The van der Waals surface area contributed by atoms with Gasteiger partial charge in [-0.15, -0.1) is 0 Å². The van der Waals surface area contributed by atoms with Gasteiger partial charge in [-0.05, 0) is 42.3 Å². The summed E-state index contributed by atoms with van der Waals surface area (Å²) in [6.07, 6.45) is 1.86. The normalized spacial score (nSPS) is 10.6. The van der Waals surface area contributed by atoms with Crippen LogP contribution >= 0.6 is 0 Å². The van der Waals surface area contributed by atoms with Crippen molar-refractivity contribution in [3.63, 3.8) is 0 Å². The van der Waals surface area contributed by atoms with Crippen LogP contribution in [0.4, 0.5) is 5.95 Å². The van der Waals surface area contributed by atoms with E-state index in [4.69, 9.17) is 4.74 Å². The van der Waals surface area contributed by atoms with E-state index in [0.29, 0.717) is 5.95 Å². The fourth-order valence-corrected chi connectivity index (χ4v) is 2.41. The molecule has 0 aliphatic rings. The molecular formula is C17H17N3O. The zero-order chi connectivity index (χ0) is 14.8. The van der Waals surface area contributed by atoms with Gasteiger partial charge in [-0.25, -0.2) is 9.97 Å². The molecule has 0 fully saturated rings. The van der Waals surface area contributed by atoms with Gasteiger partial charge in [0.1, 0.15) is 5.75 Å². The molecule has 0 atom stereocenters. The molecular weight excluding hydrogens is 262 g/mol.